The minimum Gasteiger partial charge on any atom is -0.481 e. The zero-order valence-electron chi connectivity index (χ0n) is 15.9. The number of carboxylic acids is 1. The average Bonchev–Trinajstić information content (AvgIpc) is 2.51. The molecule has 0 fully saturated rings. The molecule has 0 radical (unpaired) electrons. The third-order valence-electron chi connectivity index (χ3n) is 3.73. The molecule has 1 atom stereocenters. The van der Waals surface area contributed by atoms with E-state index >= 15 is 0 Å². The predicted octanol–water partition coefficient (Wildman–Crippen LogP) is 4.15. The molecule has 0 aliphatic heterocycles. The SMILES string of the molecule is CCCCCCC(O)C/C=C\CCCCCCCC(=O)O.O=P(O)(O)O. The van der Waals surface area contributed by atoms with Gasteiger partial charge in [0.2, 0.25) is 0 Å². The monoisotopic (exact) mass is 396 g/mol. The molecule has 0 aromatic heterocycles. The van der Waals surface area contributed by atoms with E-state index in [1.807, 2.05) is 0 Å². The Balaban J connectivity index is 0. The van der Waals surface area contributed by atoms with Crippen molar-refractivity contribution >= 4 is 13.8 Å². The van der Waals surface area contributed by atoms with Crippen molar-refractivity contribution in [3.63, 3.8) is 0 Å². The number of hydrogen-bond acceptors (Lipinski definition) is 3. The topological polar surface area (TPSA) is 135 Å². The lowest BCUT2D eigenvalue weighted by Gasteiger charge is -2.07. The summed E-state index contributed by atoms with van der Waals surface area (Å²) in [7, 11) is -4.64. The maximum atomic E-state index is 10.3. The number of carbonyl (C=O) groups is 1. The Bertz CT molecular complexity index is 385. The van der Waals surface area contributed by atoms with Gasteiger partial charge < -0.3 is 24.9 Å². The van der Waals surface area contributed by atoms with E-state index in [2.05, 4.69) is 19.1 Å². The highest BCUT2D eigenvalue weighted by molar-refractivity contribution is 7.45. The summed E-state index contributed by atoms with van der Waals surface area (Å²) in [5.41, 5.74) is 0. The molecule has 0 heterocycles. The van der Waals surface area contributed by atoms with E-state index in [1.165, 1.54) is 25.7 Å². The summed E-state index contributed by atoms with van der Waals surface area (Å²) in [6, 6.07) is 0. The minimum absolute atomic E-state index is 0.172. The lowest BCUT2D eigenvalue weighted by molar-refractivity contribution is -0.137. The number of aliphatic carboxylic acids is 1. The molecule has 0 bridgehead atoms. The first kappa shape index (κ1) is 27.5. The molecule has 0 rings (SSSR count). The Kier molecular flexibility index (Phi) is 20.2. The second-order valence-corrected chi connectivity index (χ2v) is 7.45. The first-order valence-corrected chi connectivity index (χ1v) is 11.1. The van der Waals surface area contributed by atoms with Gasteiger partial charge in [-0.2, -0.15) is 0 Å². The lowest BCUT2D eigenvalue weighted by Crippen LogP contribution is -2.04. The molecule has 0 aliphatic rings. The normalized spacial score (nSPS) is 12.7. The summed E-state index contributed by atoms with van der Waals surface area (Å²) >= 11 is 0. The molecule has 0 saturated carbocycles. The maximum absolute atomic E-state index is 10.3. The average molecular weight is 396 g/mol. The largest absolute Gasteiger partial charge is 0.481 e. The second kappa shape index (κ2) is 19.1. The summed E-state index contributed by atoms with van der Waals surface area (Å²) < 4.78 is 8.88. The van der Waals surface area contributed by atoms with E-state index < -0.39 is 13.8 Å². The van der Waals surface area contributed by atoms with Crippen LogP contribution >= 0.6 is 7.82 Å². The van der Waals surface area contributed by atoms with Crippen LogP contribution < -0.4 is 0 Å². The fourth-order valence-electron chi connectivity index (χ4n) is 2.36. The maximum Gasteiger partial charge on any atom is 0.466 e. The van der Waals surface area contributed by atoms with Crippen molar-refractivity contribution in [1.82, 2.24) is 0 Å². The van der Waals surface area contributed by atoms with Gasteiger partial charge in [-0.15, -0.1) is 0 Å². The third kappa shape index (κ3) is 34.6. The zero-order chi connectivity index (χ0) is 20.3. The number of phosphoric acid groups is 1. The summed E-state index contributed by atoms with van der Waals surface area (Å²) in [6.07, 6.45) is 17.4. The van der Waals surface area contributed by atoms with Gasteiger partial charge in [0.25, 0.3) is 0 Å². The van der Waals surface area contributed by atoms with Crippen LogP contribution in [0.5, 0.6) is 0 Å². The summed E-state index contributed by atoms with van der Waals surface area (Å²) in [4.78, 5) is 31.9. The van der Waals surface area contributed by atoms with Gasteiger partial charge in [-0.1, -0.05) is 64.0 Å². The van der Waals surface area contributed by atoms with Gasteiger partial charge in [-0.3, -0.25) is 4.79 Å². The van der Waals surface area contributed by atoms with Crippen LogP contribution in [0.25, 0.3) is 0 Å². The lowest BCUT2D eigenvalue weighted by atomic mass is 10.1. The van der Waals surface area contributed by atoms with Crippen LogP contribution in [0.4, 0.5) is 0 Å². The van der Waals surface area contributed by atoms with Crippen molar-refractivity contribution in [2.24, 2.45) is 0 Å². The fraction of sp³-hybridized carbons (Fsp3) is 0.833. The van der Waals surface area contributed by atoms with E-state index in [0.717, 1.165) is 51.4 Å². The van der Waals surface area contributed by atoms with E-state index in [0.29, 0.717) is 6.42 Å². The van der Waals surface area contributed by atoms with Crippen LogP contribution in [-0.4, -0.2) is 37.0 Å². The second-order valence-electron chi connectivity index (χ2n) is 6.42. The van der Waals surface area contributed by atoms with Crippen molar-refractivity contribution < 1.29 is 34.3 Å². The molecule has 0 aromatic rings. The van der Waals surface area contributed by atoms with Crippen LogP contribution in [0.3, 0.4) is 0 Å². The molecule has 0 saturated heterocycles. The van der Waals surface area contributed by atoms with E-state index in [1.54, 1.807) is 0 Å². The quantitative estimate of drug-likeness (QED) is 0.159. The molecule has 0 aromatic carbocycles. The molecule has 26 heavy (non-hydrogen) atoms. The van der Waals surface area contributed by atoms with Gasteiger partial charge in [-0.25, -0.2) is 4.57 Å². The van der Waals surface area contributed by atoms with Gasteiger partial charge in [0.15, 0.2) is 0 Å². The van der Waals surface area contributed by atoms with Gasteiger partial charge in [0, 0.05) is 6.42 Å². The molecular formula is C18H37O7P. The fourth-order valence-corrected chi connectivity index (χ4v) is 2.36. The van der Waals surface area contributed by atoms with Crippen molar-refractivity contribution in [2.75, 3.05) is 0 Å². The Morgan fingerprint density at radius 3 is 2.04 bits per heavy atom. The molecule has 8 heteroatoms. The van der Waals surface area contributed by atoms with Crippen molar-refractivity contribution in [2.45, 2.75) is 96.5 Å². The van der Waals surface area contributed by atoms with Crippen LogP contribution in [0, 0.1) is 0 Å². The number of unbranched alkanes of at least 4 members (excludes halogenated alkanes) is 8. The van der Waals surface area contributed by atoms with Crippen LogP contribution in [0.1, 0.15) is 90.4 Å². The smallest absolute Gasteiger partial charge is 0.466 e. The molecule has 156 valence electrons. The standard InChI is InChI=1S/C18H34O3.H3O4P/c1-2-3-4-11-14-17(19)15-12-9-7-5-6-8-10-13-16-18(20)21;1-5(2,3)4/h9,12,17,19H,2-8,10-11,13-16H2,1H3,(H,20,21);(H3,1,2,3,4)/b12-9-;. The van der Waals surface area contributed by atoms with E-state index in [9.17, 15) is 9.90 Å². The number of hydrogen-bond donors (Lipinski definition) is 5. The van der Waals surface area contributed by atoms with Gasteiger partial charge in [-0.05, 0) is 32.1 Å². The van der Waals surface area contributed by atoms with Crippen LogP contribution in [-0.2, 0) is 9.36 Å². The minimum atomic E-state index is -4.64. The Hall–Kier alpha value is -0.720. The molecule has 0 spiro atoms. The summed E-state index contributed by atoms with van der Waals surface area (Å²) in [5.74, 6) is -0.689. The first-order valence-electron chi connectivity index (χ1n) is 9.50. The number of carboxylic acid groups (broad SMARTS) is 1. The number of allylic oxidation sites excluding steroid dienone is 1. The zero-order valence-corrected chi connectivity index (χ0v) is 16.8. The number of rotatable bonds is 15. The van der Waals surface area contributed by atoms with Crippen molar-refractivity contribution in [1.29, 1.82) is 0 Å². The molecule has 0 amide bonds. The van der Waals surface area contributed by atoms with Gasteiger partial charge in [0.05, 0.1) is 6.10 Å². The Labute approximate surface area is 157 Å². The van der Waals surface area contributed by atoms with Gasteiger partial charge in [0.1, 0.15) is 0 Å². The molecule has 7 nitrogen and oxygen atoms in total. The number of aliphatic hydroxyl groups is 1. The third-order valence-corrected chi connectivity index (χ3v) is 3.73. The summed E-state index contributed by atoms with van der Waals surface area (Å²) in [6.45, 7) is 2.20. The van der Waals surface area contributed by atoms with Crippen molar-refractivity contribution in [3.8, 4) is 0 Å². The Morgan fingerprint density at radius 1 is 0.923 bits per heavy atom. The van der Waals surface area contributed by atoms with E-state index in [-0.39, 0.29) is 6.10 Å². The molecule has 5 N–H and O–H groups in total. The molecule has 0 aliphatic carbocycles. The highest BCUT2D eigenvalue weighted by Gasteiger charge is 2.01. The first-order chi connectivity index (χ1) is 12.2. The van der Waals surface area contributed by atoms with Crippen LogP contribution in [0.2, 0.25) is 0 Å². The van der Waals surface area contributed by atoms with E-state index in [4.69, 9.17) is 24.4 Å². The Morgan fingerprint density at radius 2 is 1.46 bits per heavy atom. The van der Waals surface area contributed by atoms with Gasteiger partial charge >= 0.3 is 13.8 Å². The molecular weight excluding hydrogens is 359 g/mol. The highest BCUT2D eigenvalue weighted by atomic mass is 31.2. The summed E-state index contributed by atoms with van der Waals surface area (Å²) in [5, 5.41) is 18.3. The van der Waals surface area contributed by atoms with Crippen LogP contribution in [0.15, 0.2) is 12.2 Å². The predicted molar refractivity (Wildman–Crippen MR) is 103 cm³/mol. The molecule has 1 unspecified atom stereocenters. The van der Waals surface area contributed by atoms with Crippen molar-refractivity contribution in [3.05, 3.63) is 12.2 Å². The number of aliphatic hydroxyl groups excluding tert-OH is 1. The highest BCUT2D eigenvalue weighted by Crippen LogP contribution is 2.25.